The van der Waals surface area contributed by atoms with Crippen molar-refractivity contribution in [2.45, 2.75) is 20.0 Å². The van der Waals surface area contributed by atoms with Gasteiger partial charge >= 0.3 is 0 Å². The number of hydrogen-bond donors (Lipinski definition) is 1. The molecular weight excluding hydrogens is 330 g/mol. The van der Waals surface area contributed by atoms with Gasteiger partial charge in [0.25, 0.3) is 5.56 Å². The highest BCUT2D eigenvalue weighted by molar-refractivity contribution is 6.30. The molecule has 0 unspecified atom stereocenters. The minimum atomic E-state index is -0.161. The second kappa shape index (κ2) is 6.84. The van der Waals surface area contributed by atoms with Gasteiger partial charge < -0.3 is 5.32 Å². The molecule has 0 spiro atoms. The monoisotopic (exact) mass is 345 g/mol. The van der Waals surface area contributed by atoms with Crippen molar-refractivity contribution >= 4 is 28.5 Å². The molecule has 0 atom stereocenters. The third-order valence-electron chi connectivity index (χ3n) is 3.56. The molecule has 1 N–H and O–H groups in total. The first kappa shape index (κ1) is 16.2. The van der Waals surface area contributed by atoms with Crippen LogP contribution in [0.3, 0.4) is 0 Å². The van der Waals surface area contributed by atoms with Crippen molar-refractivity contribution in [3.05, 3.63) is 57.7 Å². The largest absolute Gasteiger partial charge is 0.354 e. The Morgan fingerprint density at radius 2 is 2.21 bits per heavy atom. The second-order valence-corrected chi connectivity index (χ2v) is 5.83. The number of carbonyl (C=O) groups is 1. The summed E-state index contributed by atoms with van der Waals surface area (Å²) < 4.78 is 3.13. The summed E-state index contributed by atoms with van der Waals surface area (Å²) in [6.45, 7) is 2.72. The maximum absolute atomic E-state index is 12.6. The van der Waals surface area contributed by atoms with E-state index in [4.69, 9.17) is 11.6 Å². The minimum absolute atomic E-state index is 0.108. The number of hydrogen-bond acceptors (Lipinski definition) is 4. The number of fused-ring (bicyclic) bond motifs is 1. The molecule has 0 radical (unpaired) electrons. The van der Waals surface area contributed by atoms with Crippen LogP contribution >= 0.6 is 11.6 Å². The fraction of sp³-hybridized carbons (Fsp3) is 0.250. The van der Waals surface area contributed by atoms with Gasteiger partial charge in [0.2, 0.25) is 5.91 Å². The second-order valence-electron chi connectivity index (χ2n) is 5.40. The van der Waals surface area contributed by atoms with E-state index in [2.05, 4.69) is 15.4 Å². The number of benzene rings is 1. The van der Waals surface area contributed by atoms with E-state index in [0.717, 1.165) is 5.56 Å². The molecule has 24 heavy (non-hydrogen) atoms. The first-order valence-corrected chi connectivity index (χ1v) is 7.82. The summed E-state index contributed by atoms with van der Waals surface area (Å²) >= 11 is 5.97. The molecule has 0 aliphatic rings. The van der Waals surface area contributed by atoms with Gasteiger partial charge in [-0.05, 0) is 17.7 Å². The highest BCUT2D eigenvalue weighted by Gasteiger charge is 2.10. The summed E-state index contributed by atoms with van der Waals surface area (Å²) in [5.41, 5.74) is 1.27. The predicted octanol–water partition coefficient (Wildman–Crippen LogP) is 1.43. The van der Waals surface area contributed by atoms with Gasteiger partial charge in [-0.2, -0.15) is 5.10 Å². The van der Waals surface area contributed by atoms with Crippen LogP contribution in [0.4, 0.5) is 0 Å². The standard InChI is InChI=1S/C16H16ClN5O2/c1-11(23)18-5-6-22-15-14(8-20-22)16(24)21(10-19-15)9-12-3-2-4-13(17)7-12/h2-4,7-8,10H,5-6,9H2,1H3,(H,18,23). The zero-order valence-electron chi connectivity index (χ0n) is 13.1. The lowest BCUT2D eigenvalue weighted by Crippen LogP contribution is -2.25. The molecule has 0 aliphatic heterocycles. The molecule has 124 valence electrons. The molecule has 0 aliphatic carbocycles. The third-order valence-corrected chi connectivity index (χ3v) is 3.80. The molecule has 2 aromatic heterocycles. The van der Waals surface area contributed by atoms with E-state index in [1.165, 1.54) is 24.0 Å². The highest BCUT2D eigenvalue weighted by Crippen LogP contribution is 2.12. The van der Waals surface area contributed by atoms with Gasteiger partial charge in [0, 0.05) is 18.5 Å². The van der Waals surface area contributed by atoms with Crippen LogP contribution < -0.4 is 10.9 Å². The van der Waals surface area contributed by atoms with Crippen LogP contribution in [0, 0.1) is 0 Å². The van der Waals surface area contributed by atoms with Crippen molar-refractivity contribution in [3.8, 4) is 0 Å². The Balaban J connectivity index is 1.86. The lowest BCUT2D eigenvalue weighted by molar-refractivity contribution is -0.118. The van der Waals surface area contributed by atoms with Gasteiger partial charge in [-0.3, -0.25) is 14.2 Å². The van der Waals surface area contributed by atoms with Gasteiger partial charge in [0.1, 0.15) is 11.7 Å². The molecule has 2 heterocycles. The smallest absolute Gasteiger partial charge is 0.264 e. The molecule has 8 heteroatoms. The summed E-state index contributed by atoms with van der Waals surface area (Å²) in [5.74, 6) is -0.108. The van der Waals surface area contributed by atoms with Crippen LogP contribution in [0.5, 0.6) is 0 Å². The fourth-order valence-corrected chi connectivity index (χ4v) is 2.66. The summed E-state index contributed by atoms with van der Waals surface area (Å²) in [7, 11) is 0. The van der Waals surface area contributed by atoms with E-state index in [0.29, 0.717) is 35.7 Å². The number of nitrogens with zero attached hydrogens (tertiary/aromatic N) is 4. The molecule has 7 nitrogen and oxygen atoms in total. The van der Waals surface area contributed by atoms with Gasteiger partial charge in [0.15, 0.2) is 5.65 Å². The Kier molecular flexibility index (Phi) is 4.61. The molecule has 3 aromatic rings. The topological polar surface area (TPSA) is 81.8 Å². The lowest BCUT2D eigenvalue weighted by atomic mass is 10.2. The third kappa shape index (κ3) is 3.46. The molecular formula is C16H16ClN5O2. The Hall–Kier alpha value is -2.67. The summed E-state index contributed by atoms with van der Waals surface area (Å²) in [6, 6.07) is 7.34. The van der Waals surface area contributed by atoms with E-state index in [1.807, 2.05) is 18.2 Å². The van der Waals surface area contributed by atoms with E-state index < -0.39 is 0 Å². The Bertz CT molecular complexity index is 947. The maximum Gasteiger partial charge on any atom is 0.264 e. The summed E-state index contributed by atoms with van der Waals surface area (Å²) in [5, 5.41) is 7.94. The average Bonchev–Trinajstić information content (AvgIpc) is 2.94. The lowest BCUT2D eigenvalue weighted by Gasteiger charge is -2.07. The maximum atomic E-state index is 12.6. The van der Waals surface area contributed by atoms with Crippen molar-refractivity contribution in [2.75, 3.05) is 6.54 Å². The number of rotatable bonds is 5. The Morgan fingerprint density at radius 1 is 1.38 bits per heavy atom. The van der Waals surface area contributed by atoms with Gasteiger partial charge in [-0.15, -0.1) is 0 Å². The molecule has 0 saturated heterocycles. The average molecular weight is 346 g/mol. The summed E-state index contributed by atoms with van der Waals surface area (Å²) in [4.78, 5) is 27.8. The van der Waals surface area contributed by atoms with E-state index in [1.54, 1.807) is 10.7 Å². The first-order valence-electron chi connectivity index (χ1n) is 7.44. The normalized spacial score (nSPS) is 10.9. The van der Waals surface area contributed by atoms with Crippen molar-refractivity contribution < 1.29 is 4.79 Å². The van der Waals surface area contributed by atoms with E-state index in [9.17, 15) is 9.59 Å². The first-order chi connectivity index (χ1) is 11.5. The predicted molar refractivity (Wildman–Crippen MR) is 91.0 cm³/mol. The number of halogens is 1. The zero-order valence-corrected chi connectivity index (χ0v) is 13.8. The number of aromatic nitrogens is 4. The Morgan fingerprint density at radius 3 is 2.96 bits per heavy atom. The van der Waals surface area contributed by atoms with Gasteiger partial charge in [0.05, 0.1) is 19.3 Å². The molecule has 0 bridgehead atoms. The van der Waals surface area contributed by atoms with Crippen molar-refractivity contribution in [3.63, 3.8) is 0 Å². The number of amides is 1. The molecule has 1 amide bonds. The summed E-state index contributed by atoms with van der Waals surface area (Å²) in [6.07, 6.45) is 3.01. The van der Waals surface area contributed by atoms with Crippen LogP contribution in [0.1, 0.15) is 12.5 Å². The van der Waals surface area contributed by atoms with Gasteiger partial charge in [-0.1, -0.05) is 23.7 Å². The SMILES string of the molecule is CC(=O)NCCn1ncc2c(=O)n(Cc3cccc(Cl)c3)cnc21. The highest BCUT2D eigenvalue weighted by atomic mass is 35.5. The quantitative estimate of drug-likeness (QED) is 0.758. The molecule has 1 aromatic carbocycles. The fourth-order valence-electron chi connectivity index (χ4n) is 2.44. The Labute approximate surface area is 142 Å². The molecule has 0 saturated carbocycles. The van der Waals surface area contributed by atoms with Gasteiger partial charge in [-0.25, -0.2) is 9.67 Å². The van der Waals surface area contributed by atoms with Crippen LogP contribution in [0.25, 0.3) is 11.0 Å². The van der Waals surface area contributed by atoms with Crippen molar-refractivity contribution in [2.24, 2.45) is 0 Å². The molecule has 0 fully saturated rings. The van der Waals surface area contributed by atoms with E-state index >= 15 is 0 Å². The van der Waals surface area contributed by atoms with Crippen molar-refractivity contribution in [1.82, 2.24) is 24.6 Å². The minimum Gasteiger partial charge on any atom is -0.354 e. The zero-order chi connectivity index (χ0) is 17.1. The molecule has 3 rings (SSSR count). The number of carbonyl (C=O) groups excluding carboxylic acids is 1. The van der Waals surface area contributed by atoms with Crippen LogP contribution in [0.2, 0.25) is 5.02 Å². The van der Waals surface area contributed by atoms with E-state index in [-0.39, 0.29) is 11.5 Å². The number of nitrogens with one attached hydrogen (secondary N) is 1. The van der Waals surface area contributed by atoms with Crippen LogP contribution in [-0.2, 0) is 17.9 Å². The van der Waals surface area contributed by atoms with Crippen LogP contribution in [-0.4, -0.2) is 31.8 Å². The van der Waals surface area contributed by atoms with Crippen molar-refractivity contribution in [1.29, 1.82) is 0 Å². The van der Waals surface area contributed by atoms with Crippen LogP contribution in [0.15, 0.2) is 41.6 Å².